The molecular weight excluding hydrogens is 279 g/mol. The van der Waals surface area contributed by atoms with E-state index in [0.29, 0.717) is 19.9 Å². The van der Waals surface area contributed by atoms with Crippen LogP contribution in [0.5, 0.6) is 0 Å². The summed E-state index contributed by atoms with van der Waals surface area (Å²) in [5.74, 6) is -2.15. The van der Waals surface area contributed by atoms with Crippen LogP contribution in [0, 0.1) is 0 Å². The molecule has 1 heterocycles. The third kappa shape index (κ3) is 3.75. The monoisotopic (exact) mass is 297 g/mol. The normalized spacial score (nSPS) is 23.8. The van der Waals surface area contributed by atoms with Crippen molar-refractivity contribution in [1.82, 2.24) is 15.5 Å². The summed E-state index contributed by atoms with van der Waals surface area (Å²) in [7, 11) is 1.84. The Morgan fingerprint density at radius 2 is 1.95 bits per heavy atom. The fraction of sp³-hybridized carbons (Fsp3) is 0.818. The minimum absolute atomic E-state index is 0.292. The van der Waals surface area contributed by atoms with Crippen molar-refractivity contribution in [1.29, 1.82) is 0 Å². The van der Waals surface area contributed by atoms with Crippen LogP contribution in [0.15, 0.2) is 0 Å². The standard InChI is InChI=1S/C11H18F3N3O3/c1-10(8(18)19,11(12,13)14)16-9(20)15-7-4-3-5-17(2)6-7/h7H,3-6H2,1-2H3,(H,18,19)(H2,15,16,20). The summed E-state index contributed by atoms with van der Waals surface area (Å²) < 4.78 is 38.2. The van der Waals surface area contributed by atoms with Gasteiger partial charge in [-0.2, -0.15) is 13.2 Å². The van der Waals surface area contributed by atoms with Crippen molar-refractivity contribution in [2.75, 3.05) is 20.1 Å². The van der Waals surface area contributed by atoms with E-state index in [1.54, 1.807) is 0 Å². The maximum atomic E-state index is 12.7. The molecule has 20 heavy (non-hydrogen) atoms. The van der Waals surface area contributed by atoms with Crippen molar-refractivity contribution in [3.05, 3.63) is 0 Å². The van der Waals surface area contributed by atoms with Gasteiger partial charge in [0.2, 0.25) is 5.54 Å². The summed E-state index contributed by atoms with van der Waals surface area (Å²) >= 11 is 0. The SMILES string of the molecule is CN1CCCC(NC(=O)NC(C)(C(=O)O)C(F)(F)F)C1. The molecule has 0 radical (unpaired) electrons. The number of amides is 2. The fourth-order valence-electron chi connectivity index (χ4n) is 1.98. The Hall–Kier alpha value is -1.51. The van der Waals surface area contributed by atoms with Crippen LogP contribution in [-0.4, -0.2) is 59.9 Å². The van der Waals surface area contributed by atoms with Crippen LogP contribution in [0.3, 0.4) is 0 Å². The number of hydrogen-bond acceptors (Lipinski definition) is 3. The van der Waals surface area contributed by atoms with E-state index in [9.17, 15) is 22.8 Å². The average Bonchev–Trinajstić information content (AvgIpc) is 2.26. The summed E-state index contributed by atoms with van der Waals surface area (Å²) in [5, 5.41) is 12.6. The van der Waals surface area contributed by atoms with Crippen molar-refractivity contribution < 1.29 is 27.9 Å². The maximum Gasteiger partial charge on any atom is 0.422 e. The number of aliphatic carboxylic acids is 1. The lowest BCUT2D eigenvalue weighted by atomic mass is 10.0. The quantitative estimate of drug-likeness (QED) is 0.719. The summed E-state index contributed by atoms with van der Waals surface area (Å²) in [6.45, 7) is 1.79. The zero-order chi connectivity index (χ0) is 15.6. The molecule has 116 valence electrons. The van der Waals surface area contributed by atoms with Gasteiger partial charge in [0.15, 0.2) is 0 Å². The number of carbonyl (C=O) groups excluding carboxylic acids is 1. The largest absolute Gasteiger partial charge is 0.479 e. The van der Waals surface area contributed by atoms with Gasteiger partial charge in [0.05, 0.1) is 0 Å². The van der Waals surface area contributed by atoms with Gasteiger partial charge in [-0.25, -0.2) is 9.59 Å². The highest BCUT2D eigenvalue weighted by atomic mass is 19.4. The molecule has 0 bridgehead atoms. The molecule has 1 aliphatic rings. The summed E-state index contributed by atoms with van der Waals surface area (Å²) in [6.07, 6.45) is -3.62. The summed E-state index contributed by atoms with van der Waals surface area (Å²) in [6, 6.07) is -1.42. The number of halogens is 3. The number of likely N-dealkylation sites (N-methyl/N-ethyl adjacent to an activating group) is 1. The molecule has 0 aromatic rings. The molecule has 0 aliphatic carbocycles. The third-order valence-corrected chi connectivity index (χ3v) is 3.32. The number of rotatable bonds is 3. The van der Waals surface area contributed by atoms with Gasteiger partial charge in [-0.1, -0.05) is 0 Å². The van der Waals surface area contributed by atoms with E-state index in [0.717, 1.165) is 13.0 Å². The Balaban J connectivity index is 2.66. The van der Waals surface area contributed by atoms with Crippen molar-refractivity contribution in [3.63, 3.8) is 0 Å². The number of carboxylic acid groups (broad SMARTS) is 1. The Bertz CT molecular complexity index is 389. The number of alkyl halides is 3. The smallest absolute Gasteiger partial charge is 0.422 e. The van der Waals surface area contributed by atoms with E-state index in [4.69, 9.17) is 5.11 Å². The molecule has 0 spiro atoms. The van der Waals surface area contributed by atoms with Crippen LogP contribution < -0.4 is 10.6 Å². The number of piperidine rings is 1. The average molecular weight is 297 g/mol. The minimum Gasteiger partial charge on any atom is -0.479 e. The van der Waals surface area contributed by atoms with Crippen molar-refractivity contribution in [2.45, 2.75) is 37.5 Å². The van der Waals surface area contributed by atoms with Gasteiger partial charge < -0.3 is 20.6 Å². The molecule has 1 saturated heterocycles. The summed E-state index contributed by atoms with van der Waals surface area (Å²) in [5.41, 5.74) is -3.31. The van der Waals surface area contributed by atoms with Crippen LogP contribution in [0.2, 0.25) is 0 Å². The number of hydrogen-bond donors (Lipinski definition) is 3. The summed E-state index contributed by atoms with van der Waals surface area (Å²) in [4.78, 5) is 24.3. The fourth-order valence-corrected chi connectivity index (χ4v) is 1.98. The van der Waals surface area contributed by atoms with Gasteiger partial charge in [0.1, 0.15) is 0 Å². The molecule has 0 aromatic carbocycles. The highest BCUT2D eigenvalue weighted by molar-refractivity contribution is 5.86. The zero-order valence-electron chi connectivity index (χ0n) is 11.3. The second kappa shape index (κ2) is 5.86. The maximum absolute atomic E-state index is 12.7. The Morgan fingerprint density at radius 3 is 2.40 bits per heavy atom. The number of nitrogens with zero attached hydrogens (tertiary/aromatic N) is 1. The Morgan fingerprint density at radius 1 is 1.35 bits per heavy atom. The Kier molecular flexibility index (Phi) is 4.85. The molecule has 1 aliphatic heterocycles. The lowest BCUT2D eigenvalue weighted by Crippen LogP contribution is -2.64. The molecule has 2 unspecified atom stereocenters. The Labute approximate surface area is 114 Å². The molecule has 6 nitrogen and oxygen atoms in total. The van der Waals surface area contributed by atoms with Crippen molar-refractivity contribution in [3.8, 4) is 0 Å². The molecule has 0 saturated carbocycles. The molecule has 2 atom stereocenters. The van der Waals surface area contributed by atoms with E-state index in [-0.39, 0.29) is 6.04 Å². The van der Waals surface area contributed by atoms with Gasteiger partial charge in [-0.3, -0.25) is 0 Å². The third-order valence-electron chi connectivity index (χ3n) is 3.32. The topological polar surface area (TPSA) is 81.7 Å². The minimum atomic E-state index is -5.08. The predicted molar refractivity (Wildman–Crippen MR) is 64.3 cm³/mol. The van der Waals surface area contributed by atoms with Crippen molar-refractivity contribution in [2.24, 2.45) is 0 Å². The van der Waals surface area contributed by atoms with E-state index in [1.165, 1.54) is 5.32 Å². The van der Waals surface area contributed by atoms with Gasteiger partial charge in [-0.05, 0) is 33.4 Å². The molecule has 2 amide bonds. The molecule has 1 rings (SSSR count). The number of nitrogens with one attached hydrogen (secondary N) is 2. The van der Waals surface area contributed by atoms with Gasteiger partial charge in [0, 0.05) is 12.6 Å². The van der Waals surface area contributed by atoms with Crippen LogP contribution in [0.25, 0.3) is 0 Å². The molecular formula is C11H18F3N3O3. The highest BCUT2D eigenvalue weighted by Gasteiger charge is 2.58. The van der Waals surface area contributed by atoms with Gasteiger partial charge >= 0.3 is 18.2 Å². The molecule has 0 aromatic heterocycles. The number of carboxylic acids is 1. The van der Waals surface area contributed by atoms with E-state index < -0.39 is 23.7 Å². The molecule has 3 N–H and O–H groups in total. The van der Waals surface area contributed by atoms with E-state index >= 15 is 0 Å². The first kappa shape index (κ1) is 16.5. The molecule has 1 fully saturated rings. The van der Waals surface area contributed by atoms with Crippen LogP contribution >= 0.6 is 0 Å². The van der Waals surface area contributed by atoms with Crippen LogP contribution in [0.4, 0.5) is 18.0 Å². The van der Waals surface area contributed by atoms with Crippen LogP contribution in [-0.2, 0) is 4.79 Å². The zero-order valence-corrected chi connectivity index (χ0v) is 11.3. The van der Waals surface area contributed by atoms with Crippen LogP contribution in [0.1, 0.15) is 19.8 Å². The van der Waals surface area contributed by atoms with Gasteiger partial charge in [-0.15, -0.1) is 0 Å². The lowest BCUT2D eigenvalue weighted by Gasteiger charge is -2.32. The van der Waals surface area contributed by atoms with Gasteiger partial charge in [0.25, 0.3) is 0 Å². The number of urea groups is 1. The predicted octanol–water partition coefficient (Wildman–Crippen LogP) is 0.785. The number of likely N-dealkylation sites (tertiary alicyclic amines) is 1. The van der Waals surface area contributed by atoms with Crippen molar-refractivity contribution >= 4 is 12.0 Å². The second-order valence-corrected chi connectivity index (χ2v) is 5.13. The number of carbonyl (C=O) groups is 2. The molecule has 9 heteroatoms. The second-order valence-electron chi connectivity index (χ2n) is 5.13. The van der Waals surface area contributed by atoms with E-state index in [1.807, 2.05) is 11.9 Å². The first-order chi connectivity index (χ1) is 9.06. The van der Waals surface area contributed by atoms with E-state index in [2.05, 4.69) is 5.32 Å². The lowest BCUT2D eigenvalue weighted by molar-refractivity contribution is -0.203. The highest BCUT2D eigenvalue weighted by Crippen LogP contribution is 2.30. The first-order valence-electron chi connectivity index (χ1n) is 6.13. The first-order valence-corrected chi connectivity index (χ1v) is 6.13.